The molecule has 0 bridgehead atoms. The first-order valence-electron chi connectivity index (χ1n) is 6.82. The summed E-state index contributed by atoms with van der Waals surface area (Å²) in [5.74, 6) is -0.361. The van der Waals surface area contributed by atoms with Crippen molar-refractivity contribution < 1.29 is 9.90 Å². The standard InChI is InChI=1S/C12H14N8O3S/c1-19-6-7(17-18-9(22)10-14-2-5-24-10)15-11(13)16-8(6)20(3-4-21)12(19)23/h2,5,21H,3-4H2,1H3,(H,18,22)(H3,13,15,16,17). The van der Waals surface area contributed by atoms with Gasteiger partial charge in [-0.15, -0.1) is 11.3 Å². The number of nitrogen functional groups attached to an aromatic ring is 1. The van der Waals surface area contributed by atoms with E-state index in [0.717, 1.165) is 0 Å². The number of imidazole rings is 1. The zero-order valence-electron chi connectivity index (χ0n) is 12.6. The third-order valence-electron chi connectivity index (χ3n) is 3.24. The summed E-state index contributed by atoms with van der Waals surface area (Å²) < 4.78 is 2.59. The molecule has 12 heteroatoms. The van der Waals surface area contributed by atoms with Crippen LogP contribution in [-0.4, -0.2) is 41.7 Å². The number of nitrogens with zero attached hydrogens (tertiary/aromatic N) is 5. The molecule has 0 aliphatic heterocycles. The van der Waals surface area contributed by atoms with Crippen molar-refractivity contribution in [3.63, 3.8) is 0 Å². The maximum Gasteiger partial charge on any atom is 0.330 e. The zero-order valence-corrected chi connectivity index (χ0v) is 13.4. The number of hydrazine groups is 1. The lowest BCUT2D eigenvalue weighted by Crippen LogP contribution is -2.30. The van der Waals surface area contributed by atoms with Crippen LogP contribution in [0.15, 0.2) is 16.4 Å². The van der Waals surface area contributed by atoms with Gasteiger partial charge < -0.3 is 10.8 Å². The first kappa shape index (κ1) is 15.9. The molecular weight excluding hydrogens is 336 g/mol. The molecule has 0 atom stereocenters. The predicted molar refractivity (Wildman–Crippen MR) is 87.5 cm³/mol. The molecule has 24 heavy (non-hydrogen) atoms. The number of nitrogens with one attached hydrogen (secondary N) is 2. The van der Waals surface area contributed by atoms with Crippen molar-refractivity contribution in [1.82, 2.24) is 29.5 Å². The number of aromatic nitrogens is 5. The Hall–Kier alpha value is -2.99. The summed E-state index contributed by atoms with van der Waals surface area (Å²) in [6, 6.07) is 0. The molecule has 5 N–H and O–H groups in total. The first-order valence-corrected chi connectivity index (χ1v) is 7.70. The fourth-order valence-electron chi connectivity index (χ4n) is 2.22. The minimum atomic E-state index is -0.449. The number of nitrogens with two attached hydrogens (primary N) is 1. The number of carbonyl (C=O) groups is 1. The average molecular weight is 350 g/mol. The van der Waals surface area contributed by atoms with Gasteiger partial charge in [-0.05, 0) is 0 Å². The molecule has 0 saturated carbocycles. The van der Waals surface area contributed by atoms with Crippen LogP contribution in [0.4, 0.5) is 11.8 Å². The van der Waals surface area contributed by atoms with Gasteiger partial charge in [0.05, 0.1) is 13.2 Å². The summed E-state index contributed by atoms with van der Waals surface area (Å²) in [4.78, 5) is 36.2. The molecule has 3 aromatic rings. The maximum atomic E-state index is 12.2. The Kier molecular flexibility index (Phi) is 4.14. The van der Waals surface area contributed by atoms with Gasteiger partial charge in [0.15, 0.2) is 16.5 Å². The van der Waals surface area contributed by atoms with Crippen LogP contribution in [0.5, 0.6) is 0 Å². The lowest BCUT2D eigenvalue weighted by atomic mass is 10.4. The molecule has 0 aromatic carbocycles. The summed E-state index contributed by atoms with van der Waals surface area (Å²) in [6.45, 7) is -0.163. The number of carbonyl (C=O) groups excluding carboxylic acids is 1. The zero-order chi connectivity index (χ0) is 17.3. The number of anilines is 2. The monoisotopic (exact) mass is 350 g/mol. The van der Waals surface area contributed by atoms with E-state index >= 15 is 0 Å². The lowest BCUT2D eigenvalue weighted by molar-refractivity contribution is 0.0962. The Morgan fingerprint density at radius 1 is 1.46 bits per heavy atom. The normalized spacial score (nSPS) is 10.9. The second-order valence-corrected chi connectivity index (χ2v) is 5.63. The number of aliphatic hydroxyl groups is 1. The van der Waals surface area contributed by atoms with Crippen molar-refractivity contribution in [2.75, 3.05) is 17.8 Å². The molecule has 0 unspecified atom stereocenters. The summed E-state index contributed by atoms with van der Waals surface area (Å²) >= 11 is 1.18. The van der Waals surface area contributed by atoms with E-state index in [9.17, 15) is 9.59 Å². The van der Waals surface area contributed by atoms with Crippen LogP contribution in [0.25, 0.3) is 11.2 Å². The number of rotatable bonds is 5. The van der Waals surface area contributed by atoms with Gasteiger partial charge in [0, 0.05) is 18.6 Å². The Morgan fingerprint density at radius 2 is 2.25 bits per heavy atom. The van der Waals surface area contributed by atoms with E-state index in [1.165, 1.54) is 33.7 Å². The second-order valence-electron chi connectivity index (χ2n) is 4.74. The molecule has 0 saturated heterocycles. The third kappa shape index (κ3) is 2.68. The number of thiazole rings is 1. The Labute approximate surface area is 138 Å². The van der Waals surface area contributed by atoms with Crippen molar-refractivity contribution in [2.45, 2.75) is 6.54 Å². The summed E-state index contributed by atoms with van der Waals surface area (Å²) in [7, 11) is 1.53. The summed E-state index contributed by atoms with van der Waals surface area (Å²) in [5, 5.41) is 11.1. The van der Waals surface area contributed by atoms with Gasteiger partial charge in [-0.1, -0.05) is 0 Å². The minimum Gasteiger partial charge on any atom is -0.395 e. The molecular formula is C12H14N8O3S. The van der Waals surface area contributed by atoms with Crippen LogP contribution < -0.4 is 22.3 Å². The van der Waals surface area contributed by atoms with E-state index in [4.69, 9.17) is 10.8 Å². The topological polar surface area (TPSA) is 153 Å². The number of amides is 1. The van der Waals surface area contributed by atoms with E-state index in [0.29, 0.717) is 5.52 Å². The van der Waals surface area contributed by atoms with E-state index in [2.05, 4.69) is 25.8 Å². The van der Waals surface area contributed by atoms with Crippen molar-refractivity contribution in [3.8, 4) is 0 Å². The second kappa shape index (κ2) is 6.25. The molecule has 0 fully saturated rings. The van der Waals surface area contributed by atoms with Crippen molar-refractivity contribution in [2.24, 2.45) is 7.05 Å². The van der Waals surface area contributed by atoms with E-state index in [-0.39, 0.29) is 41.3 Å². The van der Waals surface area contributed by atoms with Crippen LogP contribution in [0.2, 0.25) is 0 Å². The van der Waals surface area contributed by atoms with Crippen LogP contribution in [0.3, 0.4) is 0 Å². The lowest BCUT2D eigenvalue weighted by Gasteiger charge is -2.09. The van der Waals surface area contributed by atoms with E-state index in [1.54, 1.807) is 5.38 Å². The number of hydrogen-bond donors (Lipinski definition) is 4. The fourth-order valence-corrected chi connectivity index (χ4v) is 2.75. The molecule has 1 amide bonds. The van der Waals surface area contributed by atoms with Gasteiger partial charge >= 0.3 is 5.69 Å². The van der Waals surface area contributed by atoms with Crippen molar-refractivity contribution in [3.05, 3.63) is 27.1 Å². The van der Waals surface area contributed by atoms with Crippen LogP contribution >= 0.6 is 11.3 Å². The van der Waals surface area contributed by atoms with Crippen LogP contribution in [0, 0.1) is 0 Å². The fraction of sp³-hybridized carbons (Fsp3) is 0.250. The Bertz CT molecular complexity index is 946. The van der Waals surface area contributed by atoms with Crippen molar-refractivity contribution in [1.29, 1.82) is 0 Å². The predicted octanol–water partition coefficient (Wildman–Crippen LogP) is -1.08. The first-order chi connectivity index (χ1) is 11.5. The van der Waals surface area contributed by atoms with E-state index in [1.807, 2.05) is 0 Å². The smallest absolute Gasteiger partial charge is 0.330 e. The Morgan fingerprint density at radius 3 is 2.92 bits per heavy atom. The van der Waals surface area contributed by atoms with Gasteiger partial charge in [0.25, 0.3) is 5.91 Å². The van der Waals surface area contributed by atoms with Crippen LogP contribution in [-0.2, 0) is 13.6 Å². The number of aryl methyl sites for hydroxylation is 1. The van der Waals surface area contributed by atoms with Gasteiger partial charge in [-0.25, -0.2) is 9.78 Å². The highest BCUT2D eigenvalue weighted by atomic mass is 32.1. The van der Waals surface area contributed by atoms with Crippen LogP contribution in [0.1, 0.15) is 9.80 Å². The number of hydrogen-bond acceptors (Lipinski definition) is 9. The highest BCUT2D eigenvalue weighted by Crippen LogP contribution is 2.19. The molecule has 3 rings (SSSR count). The highest BCUT2D eigenvalue weighted by Gasteiger charge is 2.18. The molecule has 11 nitrogen and oxygen atoms in total. The summed E-state index contributed by atoms with van der Waals surface area (Å²) in [5.41, 5.74) is 11.0. The van der Waals surface area contributed by atoms with Gasteiger partial charge in [-0.3, -0.25) is 24.8 Å². The molecule has 3 aromatic heterocycles. The Balaban J connectivity index is 2.00. The van der Waals surface area contributed by atoms with Crippen molar-refractivity contribution >= 4 is 40.2 Å². The molecule has 0 aliphatic rings. The average Bonchev–Trinajstić information content (AvgIpc) is 3.16. The maximum absolute atomic E-state index is 12.2. The third-order valence-corrected chi connectivity index (χ3v) is 4.01. The quantitative estimate of drug-likeness (QED) is 0.424. The highest BCUT2D eigenvalue weighted by molar-refractivity contribution is 7.11. The summed E-state index contributed by atoms with van der Waals surface area (Å²) in [6.07, 6.45) is 1.51. The molecule has 126 valence electrons. The largest absolute Gasteiger partial charge is 0.395 e. The van der Waals surface area contributed by atoms with E-state index < -0.39 is 5.91 Å². The van der Waals surface area contributed by atoms with Gasteiger partial charge in [0.1, 0.15) is 5.52 Å². The van der Waals surface area contributed by atoms with Gasteiger partial charge in [-0.2, -0.15) is 9.97 Å². The molecule has 3 heterocycles. The number of aliphatic hydroxyl groups excluding tert-OH is 1. The minimum absolute atomic E-state index is 0.0670. The molecule has 0 aliphatic carbocycles. The SMILES string of the molecule is Cn1c(=O)n(CCO)c2nc(N)nc(NNC(=O)c3nccs3)c21. The molecule has 0 spiro atoms. The molecule has 0 radical (unpaired) electrons. The van der Waals surface area contributed by atoms with Gasteiger partial charge in [0.2, 0.25) is 5.95 Å². The number of fused-ring (bicyclic) bond motifs is 1.